The van der Waals surface area contributed by atoms with Crippen LogP contribution in [0.1, 0.15) is 32.1 Å². The number of nitrogens with zero attached hydrogens (tertiary/aromatic N) is 1. The molecule has 0 spiro atoms. The summed E-state index contributed by atoms with van der Waals surface area (Å²) in [5, 5.41) is 6.63. The minimum absolute atomic E-state index is 0.00145. The van der Waals surface area contributed by atoms with Gasteiger partial charge in [-0.25, -0.2) is 0 Å². The van der Waals surface area contributed by atoms with E-state index in [0.29, 0.717) is 11.7 Å². The fourth-order valence-electron chi connectivity index (χ4n) is 3.22. The molecule has 1 aliphatic heterocycles. The lowest BCUT2D eigenvalue weighted by molar-refractivity contribution is -0.146. The lowest BCUT2D eigenvalue weighted by atomic mass is 9.85. The number of ether oxygens (including phenoxy) is 1. The highest BCUT2D eigenvalue weighted by molar-refractivity contribution is 7.80. The first-order valence-corrected chi connectivity index (χ1v) is 8.03. The summed E-state index contributed by atoms with van der Waals surface area (Å²) in [5.74, 6) is -0.567. The van der Waals surface area contributed by atoms with Gasteiger partial charge in [0.15, 0.2) is 5.11 Å². The van der Waals surface area contributed by atoms with Gasteiger partial charge in [-0.3, -0.25) is 9.59 Å². The standard InChI is InChI=1S/C15H23N3O3S/c1-3-8-16-15(22)18-11-7-5-4-6-10(11)17-14(20)12(18)9-13(19)21-2/h3,10-12H,1,4-9H2,2H3,(H,16,22)(H,17,20)/t10-,11-,12+/m0/s1. The molecule has 0 unspecified atom stereocenters. The first kappa shape index (κ1) is 16.7. The average molecular weight is 325 g/mol. The minimum Gasteiger partial charge on any atom is -0.469 e. The van der Waals surface area contributed by atoms with Crippen molar-refractivity contribution in [2.75, 3.05) is 13.7 Å². The molecule has 0 radical (unpaired) electrons. The molecule has 1 amide bonds. The van der Waals surface area contributed by atoms with E-state index in [2.05, 4.69) is 17.2 Å². The van der Waals surface area contributed by atoms with E-state index in [1.54, 1.807) is 6.08 Å². The number of hydrogen-bond donors (Lipinski definition) is 2. The van der Waals surface area contributed by atoms with E-state index in [4.69, 9.17) is 17.0 Å². The van der Waals surface area contributed by atoms with Gasteiger partial charge in [-0.15, -0.1) is 6.58 Å². The predicted molar refractivity (Wildman–Crippen MR) is 87.2 cm³/mol. The largest absolute Gasteiger partial charge is 0.469 e. The summed E-state index contributed by atoms with van der Waals surface area (Å²) in [4.78, 5) is 26.0. The summed E-state index contributed by atoms with van der Waals surface area (Å²) in [7, 11) is 1.32. The molecule has 22 heavy (non-hydrogen) atoms. The summed E-state index contributed by atoms with van der Waals surface area (Å²) in [6, 6.07) is -0.388. The number of carbonyl (C=O) groups is 2. The number of rotatable bonds is 4. The molecule has 2 fully saturated rings. The van der Waals surface area contributed by atoms with Crippen molar-refractivity contribution in [1.29, 1.82) is 0 Å². The first-order chi connectivity index (χ1) is 10.6. The van der Waals surface area contributed by atoms with E-state index in [0.717, 1.165) is 25.7 Å². The second kappa shape index (κ2) is 7.58. The van der Waals surface area contributed by atoms with Gasteiger partial charge in [0, 0.05) is 12.6 Å². The van der Waals surface area contributed by atoms with Gasteiger partial charge in [-0.1, -0.05) is 18.9 Å². The van der Waals surface area contributed by atoms with Crippen LogP contribution in [0.15, 0.2) is 12.7 Å². The van der Waals surface area contributed by atoms with Gasteiger partial charge in [-0.05, 0) is 25.1 Å². The van der Waals surface area contributed by atoms with Crippen LogP contribution in [0, 0.1) is 0 Å². The SMILES string of the molecule is C=CCNC(=S)N1[C@H](CC(=O)OC)C(=O)N[C@H]2CCCC[C@@H]21. The van der Waals surface area contributed by atoms with Crippen LogP contribution in [0.25, 0.3) is 0 Å². The maximum absolute atomic E-state index is 12.4. The molecule has 0 aromatic rings. The van der Waals surface area contributed by atoms with Crippen molar-refractivity contribution in [3.8, 4) is 0 Å². The van der Waals surface area contributed by atoms with Crippen LogP contribution in [0.5, 0.6) is 0 Å². The van der Waals surface area contributed by atoms with Crippen molar-refractivity contribution < 1.29 is 14.3 Å². The van der Waals surface area contributed by atoms with Crippen LogP contribution in [-0.4, -0.2) is 53.7 Å². The van der Waals surface area contributed by atoms with Crippen molar-refractivity contribution in [3.63, 3.8) is 0 Å². The number of piperazine rings is 1. The van der Waals surface area contributed by atoms with Gasteiger partial charge < -0.3 is 20.3 Å². The number of hydrogen-bond acceptors (Lipinski definition) is 4. The highest BCUT2D eigenvalue weighted by atomic mass is 32.1. The molecule has 0 aromatic heterocycles. The fourth-order valence-corrected chi connectivity index (χ4v) is 3.57. The zero-order valence-electron chi connectivity index (χ0n) is 12.8. The number of methoxy groups -OCH3 is 1. The van der Waals surface area contributed by atoms with E-state index in [1.807, 2.05) is 4.90 Å². The molecule has 7 heteroatoms. The van der Waals surface area contributed by atoms with Gasteiger partial charge in [-0.2, -0.15) is 0 Å². The molecule has 0 bridgehead atoms. The average Bonchev–Trinajstić information content (AvgIpc) is 2.53. The Kier molecular flexibility index (Phi) is 5.76. The zero-order chi connectivity index (χ0) is 16.1. The molecule has 1 saturated carbocycles. The molecule has 2 rings (SSSR count). The van der Waals surface area contributed by atoms with Crippen LogP contribution < -0.4 is 10.6 Å². The Hall–Kier alpha value is -1.63. The van der Waals surface area contributed by atoms with Crippen molar-refractivity contribution >= 4 is 29.2 Å². The van der Waals surface area contributed by atoms with Crippen molar-refractivity contribution in [1.82, 2.24) is 15.5 Å². The molecule has 122 valence electrons. The van der Waals surface area contributed by atoms with Gasteiger partial charge in [0.05, 0.1) is 19.6 Å². The van der Waals surface area contributed by atoms with Crippen molar-refractivity contribution in [3.05, 3.63) is 12.7 Å². The van der Waals surface area contributed by atoms with Crippen LogP contribution in [0.3, 0.4) is 0 Å². The van der Waals surface area contributed by atoms with E-state index in [9.17, 15) is 9.59 Å². The van der Waals surface area contributed by atoms with Crippen molar-refractivity contribution in [2.45, 2.75) is 50.2 Å². The van der Waals surface area contributed by atoms with E-state index in [-0.39, 0.29) is 24.4 Å². The number of carbonyl (C=O) groups excluding carboxylic acids is 2. The third-order valence-corrected chi connectivity index (χ3v) is 4.63. The molecule has 3 atom stereocenters. The van der Waals surface area contributed by atoms with Gasteiger partial charge >= 0.3 is 5.97 Å². The highest BCUT2D eigenvalue weighted by Gasteiger charge is 2.44. The molecule has 2 aliphatic rings. The second-order valence-electron chi connectivity index (χ2n) is 5.64. The Balaban J connectivity index is 2.22. The summed E-state index contributed by atoms with van der Waals surface area (Å²) < 4.78 is 4.72. The molecular formula is C15H23N3O3S. The minimum atomic E-state index is -0.614. The van der Waals surface area contributed by atoms with Crippen LogP contribution in [0.2, 0.25) is 0 Å². The number of esters is 1. The zero-order valence-corrected chi connectivity index (χ0v) is 13.7. The van der Waals surface area contributed by atoms with Crippen molar-refractivity contribution in [2.24, 2.45) is 0 Å². The summed E-state index contributed by atoms with van der Waals surface area (Å²) >= 11 is 5.46. The lowest BCUT2D eigenvalue weighted by Gasteiger charge is -2.49. The molecule has 6 nitrogen and oxygen atoms in total. The first-order valence-electron chi connectivity index (χ1n) is 7.62. The van der Waals surface area contributed by atoms with E-state index in [1.165, 1.54) is 7.11 Å². The molecule has 1 aliphatic carbocycles. The summed E-state index contributed by atoms with van der Waals surface area (Å²) in [5.41, 5.74) is 0. The molecule has 0 aromatic carbocycles. The monoisotopic (exact) mass is 325 g/mol. The van der Waals surface area contributed by atoms with Gasteiger partial charge in [0.1, 0.15) is 6.04 Å². The maximum Gasteiger partial charge on any atom is 0.308 e. The molecule has 1 saturated heterocycles. The van der Waals surface area contributed by atoms with Crippen LogP contribution >= 0.6 is 12.2 Å². The lowest BCUT2D eigenvalue weighted by Crippen LogP contribution is -2.69. The Morgan fingerprint density at radius 2 is 2.27 bits per heavy atom. The normalized spacial score (nSPS) is 27.4. The second-order valence-corrected chi connectivity index (χ2v) is 6.03. The van der Waals surface area contributed by atoms with Gasteiger partial charge in [0.2, 0.25) is 5.91 Å². The molecule has 1 heterocycles. The van der Waals surface area contributed by atoms with E-state index >= 15 is 0 Å². The number of thiocarbonyl (C=S) groups is 1. The Bertz CT molecular complexity index is 469. The molecule has 2 N–H and O–H groups in total. The quantitative estimate of drug-likeness (QED) is 0.451. The fraction of sp³-hybridized carbons (Fsp3) is 0.667. The van der Waals surface area contributed by atoms with Gasteiger partial charge in [0.25, 0.3) is 0 Å². The highest BCUT2D eigenvalue weighted by Crippen LogP contribution is 2.29. The Morgan fingerprint density at radius 1 is 1.55 bits per heavy atom. The number of amides is 1. The number of nitrogens with one attached hydrogen (secondary N) is 2. The van der Waals surface area contributed by atoms with Crippen LogP contribution in [0.4, 0.5) is 0 Å². The Morgan fingerprint density at radius 3 is 2.95 bits per heavy atom. The topological polar surface area (TPSA) is 70.7 Å². The smallest absolute Gasteiger partial charge is 0.308 e. The maximum atomic E-state index is 12.4. The van der Waals surface area contributed by atoms with Crippen LogP contribution in [-0.2, 0) is 14.3 Å². The summed E-state index contributed by atoms with van der Waals surface area (Å²) in [6.07, 6.45) is 5.82. The molecular weight excluding hydrogens is 302 g/mol. The third-order valence-electron chi connectivity index (χ3n) is 4.27. The predicted octanol–water partition coefficient (Wildman–Crippen LogP) is 0.722. The number of fused-ring (bicyclic) bond motifs is 1. The summed E-state index contributed by atoms with van der Waals surface area (Å²) in [6.45, 7) is 4.19. The Labute approximate surface area is 136 Å². The third kappa shape index (κ3) is 3.58. The van der Waals surface area contributed by atoms with E-state index < -0.39 is 12.0 Å².